The molecule has 3 aromatic carbocycles. The van der Waals surface area contributed by atoms with E-state index >= 15 is 0 Å². The van der Waals surface area contributed by atoms with Gasteiger partial charge in [0.2, 0.25) is 6.10 Å². The summed E-state index contributed by atoms with van der Waals surface area (Å²) in [6.45, 7) is 1.73. The Bertz CT molecular complexity index is 1250. The fourth-order valence-electron chi connectivity index (χ4n) is 3.34. The summed E-state index contributed by atoms with van der Waals surface area (Å²) in [4.78, 5) is 25.9. The van der Waals surface area contributed by atoms with Crippen LogP contribution in [0.5, 0.6) is 5.75 Å². The average Bonchev–Trinajstić information content (AvgIpc) is 3.21. The number of anilines is 1. The van der Waals surface area contributed by atoms with Gasteiger partial charge in [-0.1, -0.05) is 53.7 Å². The lowest BCUT2D eigenvalue weighted by Gasteiger charge is -2.19. The van der Waals surface area contributed by atoms with Crippen molar-refractivity contribution in [2.75, 3.05) is 12.4 Å². The number of carbonyl (C=O) groups excluding carboxylic acids is 2. The van der Waals surface area contributed by atoms with Crippen molar-refractivity contribution < 1.29 is 19.1 Å². The van der Waals surface area contributed by atoms with Crippen LogP contribution >= 0.6 is 0 Å². The molecule has 162 valence electrons. The number of aryl methyl sites for hydroxylation is 1. The summed E-state index contributed by atoms with van der Waals surface area (Å²) in [5.41, 5.74) is 3.37. The monoisotopic (exact) mass is 430 g/mol. The molecule has 4 rings (SSSR count). The first-order valence-corrected chi connectivity index (χ1v) is 10.0. The maximum absolute atomic E-state index is 13.2. The van der Waals surface area contributed by atoms with Crippen LogP contribution in [0.3, 0.4) is 0 Å². The van der Waals surface area contributed by atoms with Gasteiger partial charge in [0.1, 0.15) is 17.8 Å². The minimum atomic E-state index is -1.15. The third-order valence-electron chi connectivity index (χ3n) is 4.90. The van der Waals surface area contributed by atoms with Crippen LogP contribution in [0.2, 0.25) is 0 Å². The number of hydrogen-bond donors (Lipinski definition) is 1. The molecule has 0 bridgehead atoms. The van der Waals surface area contributed by atoms with Gasteiger partial charge in [-0.15, -0.1) is 5.10 Å². The van der Waals surface area contributed by atoms with Crippen LogP contribution in [0, 0.1) is 6.92 Å². The number of methoxy groups -OCH3 is 1. The first-order valence-electron chi connectivity index (χ1n) is 10.0. The Labute approximate surface area is 184 Å². The second-order valence-corrected chi connectivity index (χ2v) is 7.21. The van der Waals surface area contributed by atoms with Gasteiger partial charge >= 0.3 is 5.97 Å². The first-order chi connectivity index (χ1) is 15.5. The van der Waals surface area contributed by atoms with E-state index in [1.165, 1.54) is 11.8 Å². The topological polar surface area (TPSA) is 95.3 Å². The molecule has 0 aliphatic heterocycles. The summed E-state index contributed by atoms with van der Waals surface area (Å²) in [6, 6.07) is 21.6. The Morgan fingerprint density at radius 1 is 1.03 bits per heavy atom. The maximum atomic E-state index is 13.2. The fourth-order valence-corrected chi connectivity index (χ4v) is 3.34. The smallest absolute Gasteiger partial charge is 0.328 e. The highest BCUT2D eigenvalue weighted by Gasteiger charge is 2.26. The highest BCUT2D eigenvalue weighted by atomic mass is 16.5. The molecular formula is C24H22N4O4. The molecule has 0 aliphatic rings. The molecule has 0 fully saturated rings. The number of esters is 1. The van der Waals surface area contributed by atoms with E-state index in [4.69, 9.17) is 9.47 Å². The van der Waals surface area contributed by atoms with Crippen molar-refractivity contribution in [1.29, 1.82) is 0 Å². The van der Waals surface area contributed by atoms with E-state index in [1.54, 1.807) is 42.5 Å². The highest BCUT2D eigenvalue weighted by Crippen LogP contribution is 2.28. The van der Waals surface area contributed by atoms with Crippen LogP contribution in [0.15, 0.2) is 72.8 Å². The molecule has 8 nitrogen and oxygen atoms in total. The Hall–Kier alpha value is -4.20. The molecule has 1 aromatic heterocycles. The molecule has 1 heterocycles. The van der Waals surface area contributed by atoms with Crippen molar-refractivity contribution in [3.63, 3.8) is 0 Å². The molecule has 0 spiro atoms. The number of nitrogens with one attached hydrogen (secondary N) is 1. The predicted molar refractivity (Wildman–Crippen MR) is 119 cm³/mol. The third-order valence-corrected chi connectivity index (χ3v) is 4.90. The number of carbonyl (C=O) groups is 2. The van der Waals surface area contributed by atoms with E-state index in [-0.39, 0.29) is 6.54 Å². The quantitative estimate of drug-likeness (QED) is 0.450. The first kappa shape index (κ1) is 21.0. The Balaban J connectivity index is 1.56. The molecule has 4 aromatic rings. The SMILES string of the molecule is COc1ccc(C)cc1NC(=O)C(OC(=O)Cn1nnc2ccccc21)c1ccccc1. The second kappa shape index (κ2) is 9.30. The van der Waals surface area contributed by atoms with Crippen LogP contribution in [-0.4, -0.2) is 34.0 Å². The summed E-state index contributed by atoms with van der Waals surface area (Å²) in [5.74, 6) is -0.589. The lowest BCUT2D eigenvalue weighted by Crippen LogP contribution is -2.27. The van der Waals surface area contributed by atoms with Gasteiger partial charge in [0.25, 0.3) is 5.91 Å². The number of aromatic nitrogens is 3. The molecule has 0 radical (unpaired) electrons. The molecule has 0 saturated carbocycles. The van der Waals surface area contributed by atoms with Gasteiger partial charge in [-0.05, 0) is 36.8 Å². The van der Waals surface area contributed by atoms with Gasteiger partial charge in [-0.25, -0.2) is 4.68 Å². The van der Waals surface area contributed by atoms with Crippen molar-refractivity contribution in [3.05, 3.63) is 83.9 Å². The molecule has 0 saturated heterocycles. The van der Waals surface area contributed by atoms with E-state index in [2.05, 4.69) is 15.6 Å². The maximum Gasteiger partial charge on any atom is 0.328 e. The number of ether oxygens (including phenoxy) is 2. The van der Waals surface area contributed by atoms with Crippen molar-refractivity contribution >= 4 is 28.6 Å². The summed E-state index contributed by atoms with van der Waals surface area (Å²) in [7, 11) is 1.53. The molecule has 1 unspecified atom stereocenters. The normalized spacial score (nSPS) is 11.7. The Kier molecular flexibility index (Phi) is 6.12. The number of nitrogens with zero attached hydrogens (tertiary/aromatic N) is 3. The largest absolute Gasteiger partial charge is 0.495 e. The molecule has 0 aliphatic carbocycles. The van der Waals surface area contributed by atoms with E-state index in [1.807, 2.05) is 37.3 Å². The minimum Gasteiger partial charge on any atom is -0.495 e. The summed E-state index contributed by atoms with van der Waals surface area (Å²) in [5, 5.41) is 10.9. The van der Waals surface area contributed by atoms with Crippen LogP contribution in [0.4, 0.5) is 5.69 Å². The number of hydrogen-bond acceptors (Lipinski definition) is 6. The number of fused-ring (bicyclic) bond motifs is 1. The highest BCUT2D eigenvalue weighted by molar-refractivity contribution is 5.97. The summed E-state index contributed by atoms with van der Waals surface area (Å²) in [6.07, 6.45) is -1.15. The lowest BCUT2D eigenvalue weighted by atomic mass is 10.1. The van der Waals surface area contributed by atoms with Crippen molar-refractivity contribution in [3.8, 4) is 5.75 Å². The van der Waals surface area contributed by atoms with Crippen LogP contribution in [0.25, 0.3) is 11.0 Å². The Morgan fingerprint density at radius 2 is 1.78 bits per heavy atom. The third kappa shape index (κ3) is 4.59. The van der Waals surface area contributed by atoms with E-state index in [0.29, 0.717) is 28.0 Å². The zero-order chi connectivity index (χ0) is 22.5. The molecule has 32 heavy (non-hydrogen) atoms. The summed E-state index contributed by atoms with van der Waals surface area (Å²) < 4.78 is 12.4. The van der Waals surface area contributed by atoms with Gasteiger partial charge in [0, 0.05) is 5.56 Å². The molecule has 1 amide bonds. The molecule has 1 N–H and O–H groups in total. The molecular weight excluding hydrogens is 408 g/mol. The fraction of sp³-hybridized carbons (Fsp3) is 0.167. The van der Waals surface area contributed by atoms with Crippen LogP contribution < -0.4 is 10.1 Å². The van der Waals surface area contributed by atoms with Crippen LogP contribution in [-0.2, 0) is 20.9 Å². The van der Waals surface area contributed by atoms with Gasteiger partial charge in [-0.2, -0.15) is 0 Å². The molecule has 8 heteroatoms. The van der Waals surface area contributed by atoms with Crippen molar-refractivity contribution in [2.24, 2.45) is 0 Å². The number of rotatable bonds is 7. The zero-order valence-corrected chi connectivity index (χ0v) is 17.7. The molecule has 1 atom stereocenters. The zero-order valence-electron chi connectivity index (χ0n) is 17.7. The van der Waals surface area contributed by atoms with Crippen molar-refractivity contribution in [2.45, 2.75) is 19.6 Å². The predicted octanol–water partition coefficient (Wildman–Crippen LogP) is 3.67. The number of amides is 1. The van der Waals surface area contributed by atoms with Gasteiger partial charge in [-0.3, -0.25) is 9.59 Å². The van der Waals surface area contributed by atoms with Gasteiger partial charge in [0.15, 0.2) is 0 Å². The Morgan fingerprint density at radius 3 is 2.56 bits per heavy atom. The van der Waals surface area contributed by atoms with E-state index in [9.17, 15) is 9.59 Å². The van der Waals surface area contributed by atoms with Crippen molar-refractivity contribution in [1.82, 2.24) is 15.0 Å². The van der Waals surface area contributed by atoms with Crippen LogP contribution in [0.1, 0.15) is 17.2 Å². The standard InChI is InChI=1S/C24H22N4O4/c1-16-12-13-21(31-2)19(14-16)25-24(30)23(17-8-4-3-5-9-17)32-22(29)15-28-20-11-7-6-10-18(20)26-27-28/h3-14,23H,15H2,1-2H3,(H,25,30). The van der Waals surface area contributed by atoms with Gasteiger partial charge in [0.05, 0.1) is 18.3 Å². The van der Waals surface area contributed by atoms with E-state index < -0.39 is 18.0 Å². The average molecular weight is 430 g/mol. The second-order valence-electron chi connectivity index (χ2n) is 7.21. The summed E-state index contributed by atoms with van der Waals surface area (Å²) >= 11 is 0. The number of para-hydroxylation sites is 1. The minimum absolute atomic E-state index is 0.176. The number of benzene rings is 3. The van der Waals surface area contributed by atoms with E-state index in [0.717, 1.165) is 5.56 Å². The lowest BCUT2D eigenvalue weighted by molar-refractivity contribution is -0.155. The van der Waals surface area contributed by atoms with Gasteiger partial charge < -0.3 is 14.8 Å².